The molecule has 0 saturated carbocycles. The third-order valence-corrected chi connectivity index (χ3v) is 5.35. The third kappa shape index (κ3) is 3.77. The van der Waals surface area contributed by atoms with Gasteiger partial charge in [0.15, 0.2) is 4.90 Å². The van der Waals surface area contributed by atoms with Crippen LogP contribution in [0.1, 0.15) is 11.1 Å². The maximum atomic E-state index is 13.0. The van der Waals surface area contributed by atoms with Crippen molar-refractivity contribution in [3.8, 4) is 0 Å². The van der Waals surface area contributed by atoms with Gasteiger partial charge >= 0.3 is 5.97 Å². The number of hydrogen-bond donors (Lipinski definition) is 1. The number of sulfonamides is 1. The molecule has 0 fully saturated rings. The summed E-state index contributed by atoms with van der Waals surface area (Å²) in [5.74, 6) is -1.37. The molecule has 0 atom stereocenters. The Morgan fingerprint density at radius 3 is 2.44 bits per heavy atom. The van der Waals surface area contributed by atoms with Crippen molar-refractivity contribution in [1.29, 1.82) is 0 Å². The summed E-state index contributed by atoms with van der Waals surface area (Å²) in [4.78, 5) is 21.0. The van der Waals surface area contributed by atoms with Crippen LogP contribution in [0.2, 0.25) is 0 Å². The third-order valence-electron chi connectivity index (χ3n) is 3.54. The van der Waals surface area contributed by atoms with Gasteiger partial charge in [-0.05, 0) is 37.1 Å². The number of carboxylic acid groups (broad SMARTS) is 1. The van der Waals surface area contributed by atoms with Crippen LogP contribution in [0, 0.1) is 24.0 Å². The van der Waals surface area contributed by atoms with E-state index in [0.29, 0.717) is 9.87 Å². The maximum absolute atomic E-state index is 13.0. The molecule has 0 aromatic heterocycles. The molecule has 132 valence electrons. The van der Waals surface area contributed by atoms with Gasteiger partial charge in [-0.1, -0.05) is 24.3 Å². The minimum Gasteiger partial charge on any atom is -0.480 e. The summed E-state index contributed by atoms with van der Waals surface area (Å²) in [6.07, 6.45) is 0. The van der Waals surface area contributed by atoms with E-state index in [9.17, 15) is 23.3 Å². The van der Waals surface area contributed by atoms with Crippen LogP contribution in [0.4, 0.5) is 11.4 Å². The summed E-state index contributed by atoms with van der Waals surface area (Å²) >= 11 is 0. The fraction of sp³-hybridized carbons (Fsp3) is 0.188. The largest absolute Gasteiger partial charge is 0.480 e. The standard InChI is InChI=1S/C16H16N2O6S/c1-11-7-8-12(2)14(9-11)17(10-16(19)20)25(23,24)15-6-4-3-5-13(15)18(21)22/h3-9H,10H2,1-2H3,(H,19,20). The van der Waals surface area contributed by atoms with Crippen molar-refractivity contribution in [2.75, 3.05) is 10.8 Å². The first kappa shape index (κ1) is 18.4. The molecule has 25 heavy (non-hydrogen) atoms. The van der Waals surface area contributed by atoms with E-state index in [4.69, 9.17) is 5.11 Å². The molecule has 2 aromatic carbocycles. The Balaban J connectivity index is 2.72. The summed E-state index contributed by atoms with van der Waals surface area (Å²) in [6, 6.07) is 9.80. The molecular weight excluding hydrogens is 348 g/mol. The van der Waals surface area contributed by atoms with Crippen molar-refractivity contribution in [3.63, 3.8) is 0 Å². The topological polar surface area (TPSA) is 118 Å². The lowest BCUT2D eigenvalue weighted by atomic mass is 10.1. The van der Waals surface area contributed by atoms with Crippen LogP contribution in [0.5, 0.6) is 0 Å². The van der Waals surface area contributed by atoms with Crippen LogP contribution < -0.4 is 4.31 Å². The van der Waals surface area contributed by atoms with Gasteiger partial charge in [0.25, 0.3) is 15.7 Å². The minimum atomic E-state index is -4.45. The molecule has 8 nitrogen and oxygen atoms in total. The molecule has 0 bridgehead atoms. The molecule has 0 aliphatic heterocycles. The number of carboxylic acids is 1. The van der Waals surface area contributed by atoms with E-state index in [1.54, 1.807) is 26.0 Å². The van der Waals surface area contributed by atoms with Crippen molar-refractivity contribution in [1.82, 2.24) is 0 Å². The second-order valence-electron chi connectivity index (χ2n) is 5.42. The Bertz CT molecular complexity index is 939. The number of benzene rings is 2. The number of hydrogen-bond acceptors (Lipinski definition) is 5. The Hall–Kier alpha value is -2.94. The highest BCUT2D eigenvalue weighted by Gasteiger charge is 2.33. The number of para-hydroxylation sites is 1. The average molecular weight is 364 g/mol. The van der Waals surface area contributed by atoms with Crippen molar-refractivity contribution >= 4 is 27.4 Å². The van der Waals surface area contributed by atoms with E-state index in [0.717, 1.165) is 17.7 Å². The quantitative estimate of drug-likeness (QED) is 0.621. The van der Waals surface area contributed by atoms with E-state index in [2.05, 4.69) is 0 Å². The molecule has 2 aromatic rings. The van der Waals surface area contributed by atoms with E-state index >= 15 is 0 Å². The molecule has 0 saturated heterocycles. The average Bonchev–Trinajstić information content (AvgIpc) is 2.54. The van der Waals surface area contributed by atoms with E-state index in [1.807, 2.05) is 0 Å². The molecule has 0 aliphatic rings. The summed E-state index contributed by atoms with van der Waals surface area (Å²) < 4.78 is 26.7. The first-order valence-corrected chi connectivity index (χ1v) is 8.64. The molecule has 0 amide bonds. The van der Waals surface area contributed by atoms with Crippen molar-refractivity contribution < 1.29 is 23.2 Å². The summed E-state index contributed by atoms with van der Waals surface area (Å²) in [5, 5.41) is 20.3. The summed E-state index contributed by atoms with van der Waals surface area (Å²) in [5.41, 5.74) is 0.825. The Morgan fingerprint density at radius 2 is 1.84 bits per heavy atom. The number of aryl methyl sites for hydroxylation is 2. The monoisotopic (exact) mass is 364 g/mol. The van der Waals surface area contributed by atoms with Gasteiger partial charge in [0.1, 0.15) is 6.54 Å². The highest BCUT2D eigenvalue weighted by molar-refractivity contribution is 7.93. The zero-order valence-electron chi connectivity index (χ0n) is 13.5. The first-order chi connectivity index (χ1) is 11.6. The number of aliphatic carboxylic acids is 1. The number of carbonyl (C=O) groups is 1. The first-order valence-electron chi connectivity index (χ1n) is 7.20. The summed E-state index contributed by atoms with van der Waals surface area (Å²) in [7, 11) is -4.45. The SMILES string of the molecule is Cc1ccc(C)c(N(CC(=O)O)S(=O)(=O)c2ccccc2[N+](=O)[O-])c1. The molecule has 0 aliphatic carbocycles. The molecule has 0 spiro atoms. The van der Waals surface area contributed by atoms with E-state index in [-0.39, 0.29) is 5.69 Å². The zero-order chi connectivity index (χ0) is 18.8. The van der Waals surface area contributed by atoms with Crippen LogP contribution in [0.25, 0.3) is 0 Å². The van der Waals surface area contributed by atoms with Crippen LogP contribution in [0.3, 0.4) is 0 Å². The predicted molar refractivity (Wildman–Crippen MR) is 91.2 cm³/mol. The number of anilines is 1. The Morgan fingerprint density at radius 1 is 1.20 bits per heavy atom. The van der Waals surface area contributed by atoms with Crippen LogP contribution >= 0.6 is 0 Å². The highest BCUT2D eigenvalue weighted by Crippen LogP contribution is 2.31. The Kier molecular flexibility index (Phi) is 5.07. The molecule has 0 unspecified atom stereocenters. The van der Waals surface area contributed by atoms with Crippen LogP contribution in [-0.4, -0.2) is 31.0 Å². The number of nitro groups is 1. The van der Waals surface area contributed by atoms with Gasteiger partial charge in [-0.15, -0.1) is 0 Å². The lowest BCUT2D eigenvalue weighted by Gasteiger charge is -2.24. The molecule has 1 N–H and O–H groups in total. The van der Waals surface area contributed by atoms with E-state index < -0.39 is 38.0 Å². The van der Waals surface area contributed by atoms with E-state index in [1.165, 1.54) is 18.2 Å². The maximum Gasteiger partial charge on any atom is 0.324 e. The van der Waals surface area contributed by atoms with Gasteiger partial charge < -0.3 is 5.11 Å². The second kappa shape index (κ2) is 6.89. The summed E-state index contributed by atoms with van der Waals surface area (Å²) in [6.45, 7) is 2.52. The normalized spacial score (nSPS) is 11.1. The lowest BCUT2D eigenvalue weighted by Crippen LogP contribution is -2.36. The molecule has 9 heteroatoms. The molecule has 0 heterocycles. The van der Waals surface area contributed by atoms with Gasteiger partial charge in [0.2, 0.25) is 0 Å². The fourth-order valence-corrected chi connectivity index (χ4v) is 3.99. The number of nitrogens with zero attached hydrogens (tertiary/aromatic N) is 2. The van der Waals surface area contributed by atoms with Gasteiger partial charge in [-0.3, -0.25) is 19.2 Å². The fourth-order valence-electron chi connectivity index (χ4n) is 2.36. The Labute approximate surface area is 144 Å². The second-order valence-corrected chi connectivity index (χ2v) is 7.25. The zero-order valence-corrected chi connectivity index (χ0v) is 14.4. The van der Waals surface area contributed by atoms with Crippen molar-refractivity contribution in [3.05, 3.63) is 63.7 Å². The van der Waals surface area contributed by atoms with Crippen molar-refractivity contribution in [2.45, 2.75) is 18.7 Å². The van der Waals surface area contributed by atoms with Crippen molar-refractivity contribution in [2.24, 2.45) is 0 Å². The minimum absolute atomic E-state index is 0.167. The van der Waals surface area contributed by atoms with Crippen LogP contribution in [0.15, 0.2) is 47.4 Å². The van der Waals surface area contributed by atoms with Gasteiger partial charge in [0, 0.05) is 6.07 Å². The molecule has 0 radical (unpaired) electrons. The number of rotatable bonds is 6. The van der Waals surface area contributed by atoms with Gasteiger partial charge in [-0.2, -0.15) is 0 Å². The molecule has 2 rings (SSSR count). The van der Waals surface area contributed by atoms with Gasteiger partial charge in [-0.25, -0.2) is 8.42 Å². The number of nitro benzene ring substituents is 1. The lowest BCUT2D eigenvalue weighted by molar-refractivity contribution is -0.387. The highest BCUT2D eigenvalue weighted by atomic mass is 32.2. The van der Waals surface area contributed by atoms with Crippen LogP contribution in [-0.2, 0) is 14.8 Å². The smallest absolute Gasteiger partial charge is 0.324 e. The molecular formula is C16H16N2O6S. The predicted octanol–water partition coefficient (Wildman–Crippen LogP) is 2.49. The van der Waals surface area contributed by atoms with Gasteiger partial charge in [0.05, 0.1) is 10.6 Å².